The molecule has 43 heavy (non-hydrogen) atoms. The summed E-state index contributed by atoms with van der Waals surface area (Å²) in [6, 6.07) is 18.2. The van der Waals surface area contributed by atoms with Crippen LogP contribution in [-0.2, 0) is 16.0 Å². The summed E-state index contributed by atoms with van der Waals surface area (Å²) in [5.41, 5.74) is 4.41. The quantitative estimate of drug-likeness (QED) is 0.347. The van der Waals surface area contributed by atoms with Crippen molar-refractivity contribution in [3.63, 3.8) is 0 Å². The minimum absolute atomic E-state index is 0.109. The average molecular weight is 594 g/mol. The highest BCUT2D eigenvalue weighted by Gasteiger charge is 2.31. The van der Waals surface area contributed by atoms with Crippen molar-refractivity contribution in [2.24, 2.45) is 0 Å². The number of alkyl carbamates (subject to hydrolysis) is 1. The van der Waals surface area contributed by atoms with Gasteiger partial charge in [0.25, 0.3) is 0 Å². The Hall–Kier alpha value is -4.15. The van der Waals surface area contributed by atoms with Crippen molar-refractivity contribution in [1.29, 1.82) is 0 Å². The summed E-state index contributed by atoms with van der Waals surface area (Å²) >= 11 is 0. The van der Waals surface area contributed by atoms with Crippen molar-refractivity contribution in [2.45, 2.75) is 45.8 Å². The monoisotopic (exact) mass is 594 g/mol. The highest BCUT2D eigenvalue weighted by Crippen LogP contribution is 2.44. The zero-order valence-corrected chi connectivity index (χ0v) is 24.8. The lowest BCUT2D eigenvalue weighted by molar-refractivity contribution is 0.0240. The molecule has 0 radical (unpaired) electrons. The Morgan fingerprint density at radius 1 is 0.930 bits per heavy atom. The number of nitrogens with zero attached hydrogens (tertiary/aromatic N) is 2. The molecule has 0 atom stereocenters. The molecule has 3 aromatic carbocycles. The molecule has 228 valence electrons. The Morgan fingerprint density at radius 2 is 1.51 bits per heavy atom. The van der Waals surface area contributed by atoms with Crippen molar-refractivity contribution in [2.75, 3.05) is 37.7 Å². The number of halogens is 3. The fourth-order valence-corrected chi connectivity index (χ4v) is 5.76. The number of piperazine rings is 1. The second kappa shape index (κ2) is 11.9. The fraction of sp³-hybridized carbons (Fsp3) is 0.375. The molecule has 1 heterocycles. The zero-order valence-electron chi connectivity index (χ0n) is 24.8. The van der Waals surface area contributed by atoms with Gasteiger partial charge in [0.05, 0.1) is 0 Å². The van der Waals surface area contributed by atoms with Crippen LogP contribution >= 0.6 is 0 Å². The SMILES string of the molecule is Cc1c(CNC(=O)OCC2c3ccccc3-c3ccccc32)cc([B-](F)(F)F)cc1N1CCN(C(=O)OC(C)(C)C)CC1. The number of rotatable bonds is 6. The van der Waals surface area contributed by atoms with Crippen LogP contribution < -0.4 is 15.7 Å². The standard InChI is InChI=1S/C32H36BF3N3O4/c1-21-22(19-37-30(40)42-20-28-26-11-7-5-9-24(26)25-10-6-8-12-27(25)28)17-23(33(34,35)36)18-29(21)38-13-15-39(16-14-38)31(41)43-32(2,3)4/h5-12,17-18,28H,13-16,19-20H2,1-4H3,(H,37,40)/q-1. The van der Waals surface area contributed by atoms with Crippen molar-refractivity contribution in [3.05, 3.63) is 82.9 Å². The van der Waals surface area contributed by atoms with Crippen LogP contribution in [0.1, 0.15) is 48.9 Å². The molecule has 1 fully saturated rings. The first-order chi connectivity index (χ1) is 20.3. The summed E-state index contributed by atoms with van der Waals surface area (Å²) in [5.74, 6) is -0.123. The summed E-state index contributed by atoms with van der Waals surface area (Å²) in [5, 5.41) is 2.65. The molecule has 1 N–H and O–H groups in total. The predicted octanol–water partition coefficient (Wildman–Crippen LogP) is 6.15. The molecule has 7 nitrogen and oxygen atoms in total. The van der Waals surface area contributed by atoms with Crippen LogP contribution in [0.25, 0.3) is 11.1 Å². The van der Waals surface area contributed by atoms with E-state index in [0.717, 1.165) is 34.4 Å². The molecule has 1 aliphatic heterocycles. The molecular formula is C32H36BF3N3O4-. The maximum atomic E-state index is 14.0. The molecule has 1 saturated heterocycles. The number of carbonyl (C=O) groups is 2. The normalized spacial score (nSPS) is 15.1. The van der Waals surface area contributed by atoms with Gasteiger partial charge >= 0.3 is 19.2 Å². The average Bonchev–Trinajstić information content (AvgIpc) is 3.27. The van der Waals surface area contributed by atoms with Gasteiger partial charge < -0.3 is 37.5 Å². The number of carbonyl (C=O) groups excluding carboxylic acids is 2. The van der Waals surface area contributed by atoms with Crippen LogP contribution in [0.5, 0.6) is 0 Å². The fourth-order valence-electron chi connectivity index (χ4n) is 5.76. The van der Waals surface area contributed by atoms with Crippen molar-refractivity contribution in [3.8, 4) is 11.1 Å². The number of hydrogen-bond acceptors (Lipinski definition) is 5. The van der Waals surface area contributed by atoms with Crippen LogP contribution in [0.3, 0.4) is 0 Å². The second-order valence-electron chi connectivity index (χ2n) is 12.0. The Morgan fingerprint density at radius 3 is 2.07 bits per heavy atom. The number of nitrogens with one attached hydrogen (secondary N) is 1. The third-order valence-electron chi connectivity index (χ3n) is 7.93. The van der Waals surface area contributed by atoms with E-state index < -0.39 is 30.2 Å². The summed E-state index contributed by atoms with van der Waals surface area (Å²) < 4.78 is 52.9. The minimum atomic E-state index is -5.28. The van der Waals surface area contributed by atoms with Gasteiger partial charge in [-0.25, -0.2) is 9.59 Å². The molecule has 0 bridgehead atoms. The van der Waals surface area contributed by atoms with E-state index in [-0.39, 0.29) is 19.1 Å². The van der Waals surface area contributed by atoms with Crippen molar-refractivity contribution >= 4 is 30.3 Å². The zero-order chi connectivity index (χ0) is 30.9. The summed E-state index contributed by atoms with van der Waals surface area (Å²) in [7, 11) is 0. The van der Waals surface area contributed by atoms with Gasteiger partial charge in [0.2, 0.25) is 0 Å². The molecule has 0 saturated carbocycles. The largest absolute Gasteiger partial charge is 0.509 e. The number of anilines is 1. The van der Waals surface area contributed by atoms with Crippen LogP contribution in [-0.4, -0.2) is 62.5 Å². The molecule has 0 spiro atoms. The number of ether oxygens (including phenoxy) is 2. The molecule has 3 aromatic rings. The first-order valence-electron chi connectivity index (χ1n) is 14.5. The Labute approximate surface area is 250 Å². The highest BCUT2D eigenvalue weighted by molar-refractivity contribution is 6.73. The predicted molar refractivity (Wildman–Crippen MR) is 162 cm³/mol. The van der Waals surface area contributed by atoms with E-state index in [1.54, 1.807) is 32.6 Å². The Bertz CT molecular complexity index is 1470. The molecule has 2 aliphatic rings. The number of benzene rings is 3. The summed E-state index contributed by atoms with van der Waals surface area (Å²) in [4.78, 5) is 28.6. The van der Waals surface area contributed by atoms with Crippen LogP contribution in [0.15, 0.2) is 60.7 Å². The van der Waals surface area contributed by atoms with E-state index in [2.05, 4.69) is 5.32 Å². The lowest BCUT2D eigenvalue weighted by atomic mass is 9.78. The van der Waals surface area contributed by atoms with Gasteiger partial charge in [-0.3, -0.25) is 0 Å². The lowest BCUT2D eigenvalue weighted by Crippen LogP contribution is -2.50. The topological polar surface area (TPSA) is 71.1 Å². The van der Waals surface area contributed by atoms with E-state index >= 15 is 0 Å². The molecular weight excluding hydrogens is 558 g/mol. The molecule has 2 amide bonds. The smallest absolute Gasteiger partial charge is 0.449 e. The molecule has 0 unspecified atom stereocenters. The first kappa shape index (κ1) is 30.3. The molecule has 0 aromatic heterocycles. The Balaban J connectivity index is 1.26. The highest BCUT2D eigenvalue weighted by atomic mass is 19.4. The Kier molecular flexibility index (Phi) is 8.36. The van der Waals surface area contributed by atoms with E-state index in [4.69, 9.17) is 9.47 Å². The maximum absolute atomic E-state index is 14.0. The molecule has 1 aliphatic carbocycles. The maximum Gasteiger partial charge on any atom is 0.509 e. The van der Waals surface area contributed by atoms with E-state index in [1.807, 2.05) is 53.4 Å². The summed E-state index contributed by atoms with van der Waals surface area (Å²) in [6.07, 6.45) is -1.14. The van der Waals surface area contributed by atoms with Crippen LogP contribution in [0.4, 0.5) is 28.2 Å². The first-order valence-corrected chi connectivity index (χ1v) is 14.5. The van der Waals surface area contributed by atoms with E-state index in [9.17, 15) is 22.5 Å². The number of hydrogen-bond donors (Lipinski definition) is 1. The van der Waals surface area contributed by atoms with Gasteiger partial charge in [-0.1, -0.05) is 60.7 Å². The van der Waals surface area contributed by atoms with Gasteiger partial charge in [-0.05, 0) is 61.1 Å². The second-order valence-corrected chi connectivity index (χ2v) is 12.0. The van der Waals surface area contributed by atoms with Crippen LogP contribution in [0, 0.1) is 6.92 Å². The van der Waals surface area contributed by atoms with Gasteiger partial charge in [0.15, 0.2) is 0 Å². The molecule has 5 rings (SSSR count). The summed E-state index contributed by atoms with van der Waals surface area (Å²) in [6.45, 7) is 3.17. The van der Waals surface area contributed by atoms with Crippen molar-refractivity contribution in [1.82, 2.24) is 10.2 Å². The third kappa shape index (κ3) is 6.76. The van der Waals surface area contributed by atoms with Crippen molar-refractivity contribution < 1.29 is 32.0 Å². The third-order valence-corrected chi connectivity index (χ3v) is 7.93. The number of amides is 2. The number of fused-ring (bicyclic) bond motifs is 3. The lowest BCUT2D eigenvalue weighted by Gasteiger charge is -2.38. The minimum Gasteiger partial charge on any atom is -0.449 e. The van der Waals surface area contributed by atoms with E-state index in [1.165, 1.54) is 0 Å². The van der Waals surface area contributed by atoms with Gasteiger partial charge in [0, 0.05) is 44.3 Å². The molecule has 11 heteroatoms. The van der Waals surface area contributed by atoms with Gasteiger partial charge in [-0.2, -0.15) is 0 Å². The van der Waals surface area contributed by atoms with Gasteiger partial charge in [0.1, 0.15) is 12.2 Å². The van der Waals surface area contributed by atoms with Crippen LogP contribution in [0.2, 0.25) is 0 Å². The van der Waals surface area contributed by atoms with Gasteiger partial charge in [-0.15, -0.1) is 5.46 Å². The van der Waals surface area contributed by atoms with E-state index in [0.29, 0.717) is 43.0 Å².